The zero-order valence-corrected chi connectivity index (χ0v) is 9.19. The molecule has 0 spiro atoms. The van der Waals surface area contributed by atoms with Gasteiger partial charge in [0.2, 0.25) is 0 Å². The third kappa shape index (κ3) is 5.20. The summed E-state index contributed by atoms with van der Waals surface area (Å²) in [5.41, 5.74) is 1.24. The highest BCUT2D eigenvalue weighted by Crippen LogP contribution is 2.12. The lowest BCUT2D eigenvalue weighted by atomic mass is 10.0. The highest BCUT2D eigenvalue weighted by molar-refractivity contribution is 5.92. The first kappa shape index (κ1) is 13.7. The number of allylic oxidation sites excluding steroid dienone is 2. The zero-order chi connectivity index (χ0) is 11.8. The van der Waals surface area contributed by atoms with Crippen LogP contribution in [-0.2, 0) is 9.59 Å². The summed E-state index contributed by atoms with van der Waals surface area (Å²) in [6.45, 7) is 4.06. The van der Waals surface area contributed by atoms with Crippen molar-refractivity contribution in [3.8, 4) is 0 Å². The van der Waals surface area contributed by atoms with Crippen LogP contribution in [0.1, 0.15) is 39.5 Å². The molecule has 0 aromatic rings. The summed E-state index contributed by atoms with van der Waals surface area (Å²) in [4.78, 5) is 21.1. The van der Waals surface area contributed by atoms with Gasteiger partial charge in [-0.1, -0.05) is 25.5 Å². The van der Waals surface area contributed by atoms with Crippen LogP contribution in [0, 0.1) is 5.92 Å². The lowest BCUT2D eigenvalue weighted by molar-refractivity contribution is -0.154. The molecule has 86 valence electrons. The smallest absolute Gasteiger partial charge is 0.317 e. The lowest BCUT2D eigenvalue weighted by Crippen LogP contribution is -2.22. The molecular formula is C11H18O4. The van der Waals surface area contributed by atoms with Gasteiger partial charge in [-0.3, -0.25) is 9.59 Å². The maximum Gasteiger partial charge on any atom is 0.317 e. The molecule has 15 heavy (non-hydrogen) atoms. The summed E-state index contributed by atoms with van der Waals surface area (Å²) in [6.07, 6.45) is 4.48. The van der Waals surface area contributed by atoms with Crippen molar-refractivity contribution in [3.63, 3.8) is 0 Å². The minimum absolute atomic E-state index is 0.161. The molecule has 0 heterocycles. The predicted octanol–water partition coefficient (Wildman–Crippen LogP) is 2.30. The van der Waals surface area contributed by atoms with Crippen LogP contribution in [0.2, 0.25) is 0 Å². The first-order valence-electron chi connectivity index (χ1n) is 5.16. The molecule has 0 aliphatic rings. The van der Waals surface area contributed by atoms with Crippen LogP contribution in [-0.4, -0.2) is 22.2 Å². The Kier molecular flexibility index (Phi) is 6.42. The molecule has 0 unspecified atom stereocenters. The van der Waals surface area contributed by atoms with Crippen LogP contribution in [0.3, 0.4) is 0 Å². The van der Waals surface area contributed by atoms with Crippen molar-refractivity contribution in [1.29, 1.82) is 0 Å². The van der Waals surface area contributed by atoms with E-state index < -0.39 is 17.9 Å². The van der Waals surface area contributed by atoms with Gasteiger partial charge in [-0.2, -0.15) is 0 Å². The van der Waals surface area contributed by atoms with Crippen molar-refractivity contribution in [1.82, 2.24) is 0 Å². The molecule has 4 heteroatoms. The summed E-state index contributed by atoms with van der Waals surface area (Å²) in [7, 11) is 0. The Morgan fingerprint density at radius 2 is 1.60 bits per heavy atom. The van der Waals surface area contributed by atoms with E-state index in [9.17, 15) is 9.59 Å². The molecule has 0 aliphatic carbocycles. The second-order valence-electron chi connectivity index (χ2n) is 3.38. The number of carboxylic acids is 2. The Hall–Kier alpha value is -1.32. The van der Waals surface area contributed by atoms with Crippen molar-refractivity contribution in [2.24, 2.45) is 5.92 Å². The molecule has 0 atom stereocenters. The summed E-state index contributed by atoms with van der Waals surface area (Å²) >= 11 is 0. The molecule has 0 saturated carbocycles. The van der Waals surface area contributed by atoms with Crippen molar-refractivity contribution < 1.29 is 19.8 Å². The van der Waals surface area contributed by atoms with Gasteiger partial charge >= 0.3 is 11.9 Å². The van der Waals surface area contributed by atoms with Gasteiger partial charge in [0.1, 0.15) is 0 Å². The van der Waals surface area contributed by atoms with Crippen LogP contribution in [0.15, 0.2) is 11.6 Å². The van der Waals surface area contributed by atoms with Crippen LogP contribution >= 0.6 is 0 Å². The average molecular weight is 214 g/mol. The number of carbonyl (C=O) groups is 2. The number of carboxylic acid groups (broad SMARTS) is 2. The van der Waals surface area contributed by atoms with E-state index in [0.29, 0.717) is 6.42 Å². The van der Waals surface area contributed by atoms with Crippen molar-refractivity contribution >= 4 is 11.9 Å². The van der Waals surface area contributed by atoms with Gasteiger partial charge in [0.05, 0.1) is 0 Å². The molecule has 0 fully saturated rings. The Morgan fingerprint density at radius 3 is 1.93 bits per heavy atom. The normalized spacial score (nSPS) is 10.1. The lowest BCUT2D eigenvalue weighted by Gasteiger charge is -2.05. The Bertz CT molecular complexity index is 235. The van der Waals surface area contributed by atoms with E-state index >= 15 is 0 Å². The molecule has 0 aliphatic heterocycles. The van der Waals surface area contributed by atoms with Gasteiger partial charge < -0.3 is 10.2 Å². The van der Waals surface area contributed by atoms with Gasteiger partial charge in [-0.25, -0.2) is 0 Å². The molecule has 0 radical (unpaired) electrons. The van der Waals surface area contributed by atoms with Gasteiger partial charge in [0.15, 0.2) is 5.92 Å². The van der Waals surface area contributed by atoms with Crippen molar-refractivity contribution in [2.75, 3.05) is 0 Å². The monoisotopic (exact) mass is 214 g/mol. The first-order valence-corrected chi connectivity index (χ1v) is 5.16. The molecule has 0 saturated heterocycles. The number of aliphatic carboxylic acids is 2. The van der Waals surface area contributed by atoms with Crippen molar-refractivity contribution in [2.45, 2.75) is 39.5 Å². The standard InChI is InChI=1S/C11H18O4/c1-3-8(4-2)6-5-7-9(10(12)13)11(14)15/h6,9H,3-5,7H2,1-2H3,(H,12,13)(H,14,15). The largest absolute Gasteiger partial charge is 0.481 e. The molecule has 4 nitrogen and oxygen atoms in total. The van der Waals surface area contributed by atoms with Crippen LogP contribution in [0.25, 0.3) is 0 Å². The molecule has 0 aromatic carbocycles. The van der Waals surface area contributed by atoms with Gasteiger partial charge in [-0.05, 0) is 25.7 Å². The average Bonchev–Trinajstić information content (AvgIpc) is 2.17. The highest BCUT2D eigenvalue weighted by Gasteiger charge is 2.24. The number of hydrogen-bond acceptors (Lipinski definition) is 2. The van der Waals surface area contributed by atoms with Gasteiger partial charge in [0, 0.05) is 0 Å². The van der Waals surface area contributed by atoms with E-state index in [4.69, 9.17) is 10.2 Å². The van der Waals surface area contributed by atoms with E-state index in [2.05, 4.69) is 0 Å². The van der Waals surface area contributed by atoms with Gasteiger partial charge in [0.25, 0.3) is 0 Å². The van der Waals surface area contributed by atoms with E-state index in [0.717, 1.165) is 12.8 Å². The quantitative estimate of drug-likeness (QED) is 0.503. The summed E-state index contributed by atoms with van der Waals surface area (Å²) < 4.78 is 0. The summed E-state index contributed by atoms with van der Waals surface area (Å²) in [5.74, 6) is -3.80. The number of hydrogen-bond donors (Lipinski definition) is 2. The number of rotatable bonds is 7. The topological polar surface area (TPSA) is 74.6 Å². The van der Waals surface area contributed by atoms with E-state index in [1.807, 2.05) is 19.9 Å². The minimum Gasteiger partial charge on any atom is -0.481 e. The predicted molar refractivity (Wildman–Crippen MR) is 56.7 cm³/mol. The maximum absolute atomic E-state index is 10.6. The second kappa shape index (κ2) is 7.04. The third-order valence-corrected chi connectivity index (χ3v) is 2.39. The SMILES string of the molecule is CCC(=CCCC(C(=O)O)C(=O)O)CC. The molecule has 0 amide bonds. The van der Waals surface area contributed by atoms with E-state index in [-0.39, 0.29) is 6.42 Å². The fourth-order valence-electron chi connectivity index (χ4n) is 1.35. The molecule has 0 rings (SSSR count). The van der Waals surface area contributed by atoms with Crippen LogP contribution in [0.4, 0.5) is 0 Å². The van der Waals surface area contributed by atoms with Crippen LogP contribution in [0.5, 0.6) is 0 Å². The fourth-order valence-corrected chi connectivity index (χ4v) is 1.35. The Labute approximate surface area is 89.6 Å². The van der Waals surface area contributed by atoms with E-state index in [1.54, 1.807) is 0 Å². The van der Waals surface area contributed by atoms with E-state index in [1.165, 1.54) is 5.57 Å². The Morgan fingerprint density at radius 1 is 1.13 bits per heavy atom. The molecule has 0 bridgehead atoms. The first-order chi connectivity index (χ1) is 7.02. The zero-order valence-electron chi connectivity index (χ0n) is 9.19. The fraction of sp³-hybridized carbons (Fsp3) is 0.636. The maximum atomic E-state index is 10.6. The summed E-state index contributed by atoms with van der Waals surface area (Å²) in [6, 6.07) is 0. The molecular weight excluding hydrogens is 196 g/mol. The Balaban J connectivity index is 4.17. The molecule has 0 aromatic heterocycles. The third-order valence-electron chi connectivity index (χ3n) is 2.39. The van der Waals surface area contributed by atoms with Crippen molar-refractivity contribution in [3.05, 3.63) is 11.6 Å². The van der Waals surface area contributed by atoms with Crippen LogP contribution < -0.4 is 0 Å². The summed E-state index contributed by atoms with van der Waals surface area (Å²) in [5, 5.41) is 17.2. The van der Waals surface area contributed by atoms with Gasteiger partial charge in [-0.15, -0.1) is 0 Å². The highest BCUT2D eigenvalue weighted by atomic mass is 16.4. The molecule has 2 N–H and O–H groups in total. The second-order valence-corrected chi connectivity index (χ2v) is 3.38. The minimum atomic E-state index is -1.28.